The van der Waals surface area contributed by atoms with Crippen LogP contribution in [0.4, 0.5) is 0 Å². The molecule has 0 rings (SSSR count). The van der Waals surface area contributed by atoms with Crippen LogP contribution < -0.4 is 0 Å². The van der Waals surface area contributed by atoms with Crippen molar-refractivity contribution in [3.05, 3.63) is 0 Å². The third-order valence-electron chi connectivity index (χ3n) is 8.18. The van der Waals surface area contributed by atoms with Crippen molar-refractivity contribution in [3.8, 4) is 6.07 Å². The molecule has 0 aromatic heterocycles. The van der Waals surface area contributed by atoms with Gasteiger partial charge in [-0.25, -0.2) is 4.57 Å². The number of unbranched alkanes of at least 4 members (excludes halogenated alkanes) is 5. The Morgan fingerprint density at radius 3 is 1.26 bits per heavy atom. The first-order valence-electron chi connectivity index (χ1n) is 22.8. The number of esters is 5. The van der Waals surface area contributed by atoms with Crippen molar-refractivity contribution >= 4 is 37.7 Å². The average molecular weight is 949 g/mol. The van der Waals surface area contributed by atoms with Crippen LogP contribution >= 0.6 is 7.82 Å². The fourth-order valence-corrected chi connectivity index (χ4v) is 7.16. The maximum Gasteiger partial charge on any atom is 0.474 e. The zero-order valence-corrected chi connectivity index (χ0v) is 43.7. The van der Waals surface area contributed by atoms with Gasteiger partial charge < -0.3 is 23.7 Å². The number of hydrogen-bond donors (Lipinski definition) is 0. The fourth-order valence-electron chi connectivity index (χ4n) is 5.92. The molecule has 0 aromatic rings. The molecule has 0 aliphatic rings. The Hall–Kier alpha value is -3.17. The lowest BCUT2D eigenvalue weighted by Gasteiger charge is -2.36. The maximum atomic E-state index is 14.2. The highest BCUT2D eigenvalue weighted by Crippen LogP contribution is 2.50. The summed E-state index contributed by atoms with van der Waals surface area (Å²) in [5.74, 6) is -3.21. The monoisotopic (exact) mass is 949 g/mol. The van der Waals surface area contributed by atoms with Crippen LogP contribution in [0.2, 0.25) is 0 Å². The van der Waals surface area contributed by atoms with Gasteiger partial charge in [0.05, 0.1) is 65.0 Å². The summed E-state index contributed by atoms with van der Waals surface area (Å²) in [7, 11) is -4.37. The van der Waals surface area contributed by atoms with Crippen molar-refractivity contribution in [3.63, 3.8) is 0 Å². The number of phosphoric acid groups is 1. The summed E-state index contributed by atoms with van der Waals surface area (Å²) >= 11 is 0. The molecule has 65 heavy (non-hydrogen) atoms. The fraction of sp³-hybridized carbons (Fsp3) is 0.870. The third-order valence-corrected chi connectivity index (χ3v) is 9.64. The Morgan fingerprint density at radius 2 is 0.862 bits per heavy atom. The minimum atomic E-state index is -4.37. The van der Waals surface area contributed by atoms with Crippen LogP contribution in [-0.2, 0) is 65.8 Å². The number of phosphoric ester groups is 1. The van der Waals surface area contributed by atoms with E-state index < -0.39 is 91.4 Å². The van der Waals surface area contributed by atoms with Crippen molar-refractivity contribution in [1.82, 2.24) is 14.7 Å². The Bertz CT molecular complexity index is 1490. The molecule has 0 heterocycles. The van der Waals surface area contributed by atoms with Crippen LogP contribution in [0, 0.1) is 11.3 Å². The van der Waals surface area contributed by atoms with Gasteiger partial charge in [-0.2, -0.15) is 5.26 Å². The summed E-state index contributed by atoms with van der Waals surface area (Å²) in [6, 6.07) is 0.914. The number of nitrogens with zero attached hydrogens (tertiary/aromatic N) is 4. The lowest BCUT2D eigenvalue weighted by molar-refractivity contribution is -0.163. The maximum absolute atomic E-state index is 14.2. The van der Waals surface area contributed by atoms with Gasteiger partial charge in [0.25, 0.3) is 0 Å². The normalized spacial score (nSPS) is 14.1. The molecule has 378 valence electrons. The van der Waals surface area contributed by atoms with Gasteiger partial charge in [0.2, 0.25) is 0 Å². The topological polar surface area (TPSA) is 210 Å². The Kier molecular flexibility index (Phi) is 27.5. The Morgan fingerprint density at radius 1 is 0.508 bits per heavy atom. The van der Waals surface area contributed by atoms with Crippen LogP contribution in [0.15, 0.2) is 0 Å². The molecule has 0 N–H and O–H groups in total. The summed E-state index contributed by atoms with van der Waals surface area (Å²) in [5.41, 5.74) is -4.29. The molecule has 0 bridgehead atoms. The zero-order valence-electron chi connectivity index (χ0n) is 42.8. The first-order chi connectivity index (χ1) is 29.6. The van der Waals surface area contributed by atoms with Crippen LogP contribution in [0.5, 0.6) is 0 Å². The highest BCUT2D eigenvalue weighted by Gasteiger charge is 2.35. The second-order valence-corrected chi connectivity index (χ2v) is 22.7. The van der Waals surface area contributed by atoms with E-state index in [0.717, 1.165) is 32.1 Å². The molecule has 2 unspecified atom stereocenters. The Balaban J connectivity index is 7.37. The first kappa shape index (κ1) is 61.8. The summed E-state index contributed by atoms with van der Waals surface area (Å²) in [6.07, 6.45) is 5.48. The quantitative estimate of drug-likeness (QED) is 0.0297. The van der Waals surface area contributed by atoms with Gasteiger partial charge in [-0.1, -0.05) is 39.0 Å². The lowest BCUT2D eigenvalue weighted by atomic mass is 10.1. The summed E-state index contributed by atoms with van der Waals surface area (Å²) in [5, 5.41) is 9.23. The van der Waals surface area contributed by atoms with Crippen molar-refractivity contribution in [2.24, 2.45) is 0 Å². The van der Waals surface area contributed by atoms with Gasteiger partial charge >= 0.3 is 37.7 Å². The SMILES string of the molecule is CCCCCCCCOP(=O)(OCCC#N)OCC(CN(CCN(CC(=O)OC(C)(C)C)CC(=O)OC(C)(C)C)CC(=O)OC(C)(C)C)N(CC(=O)OC(C)(C)C)CC(=O)OC(C)(C)C. The third kappa shape index (κ3) is 35.7. The second kappa shape index (κ2) is 28.9. The molecule has 0 aliphatic carbocycles. The largest absolute Gasteiger partial charge is 0.474 e. The van der Waals surface area contributed by atoms with Crippen molar-refractivity contribution in [2.45, 2.75) is 190 Å². The van der Waals surface area contributed by atoms with Gasteiger partial charge in [0.1, 0.15) is 28.0 Å². The predicted octanol–water partition coefficient (Wildman–Crippen LogP) is 7.40. The van der Waals surface area contributed by atoms with Crippen molar-refractivity contribution in [2.75, 3.05) is 72.2 Å². The highest BCUT2D eigenvalue weighted by atomic mass is 31.2. The molecule has 0 saturated carbocycles. The molecule has 0 aliphatic heterocycles. The summed E-state index contributed by atoms with van der Waals surface area (Å²) < 4.78 is 59.8. The number of carbonyl (C=O) groups is 5. The van der Waals surface area contributed by atoms with E-state index in [2.05, 4.69) is 6.92 Å². The van der Waals surface area contributed by atoms with E-state index in [1.54, 1.807) is 109 Å². The van der Waals surface area contributed by atoms with Crippen LogP contribution in [0.1, 0.15) is 156 Å². The van der Waals surface area contributed by atoms with E-state index in [-0.39, 0.29) is 58.9 Å². The van der Waals surface area contributed by atoms with Gasteiger partial charge in [-0.15, -0.1) is 0 Å². The lowest BCUT2D eigenvalue weighted by Crippen LogP contribution is -2.53. The van der Waals surface area contributed by atoms with Crippen LogP contribution in [0.3, 0.4) is 0 Å². The zero-order chi connectivity index (χ0) is 50.3. The molecule has 0 fully saturated rings. The van der Waals surface area contributed by atoms with E-state index in [1.807, 2.05) is 6.07 Å². The van der Waals surface area contributed by atoms with Gasteiger partial charge in [-0.05, 0) is 110 Å². The summed E-state index contributed by atoms with van der Waals surface area (Å²) in [4.78, 5) is 71.5. The number of rotatable bonds is 30. The van der Waals surface area contributed by atoms with E-state index in [1.165, 1.54) is 9.80 Å². The molecule has 0 saturated heterocycles. The molecule has 18 nitrogen and oxygen atoms in total. The molecule has 0 amide bonds. The molecule has 19 heteroatoms. The molecular weight excluding hydrogens is 863 g/mol. The number of hydrogen-bond acceptors (Lipinski definition) is 18. The minimum absolute atomic E-state index is 0.0128. The summed E-state index contributed by atoms with van der Waals surface area (Å²) in [6.45, 7) is 25.1. The van der Waals surface area contributed by atoms with E-state index in [4.69, 9.17) is 37.3 Å². The van der Waals surface area contributed by atoms with Crippen molar-refractivity contribution < 1.29 is 65.8 Å². The van der Waals surface area contributed by atoms with E-state index in [9.17, 15) is 33.8 Å². The smallest absolute Gasteiger partial charge is 0.459 e. The van der Waals surface area contributed by atoms with E-state index in [0.29, 0.717) is 6.42 Å². The molecule has 0 spiro atoms. The van der Waals surface area contributed by atoms with Crippen LogP contribution in [-0.4, -0.2) is 151 Å². The van der Waals surface area contributed by atoms with E-state index >= 15 is 0 Å². The first-order valence-corrected chi connectivity index (χ1v) is 24.3. The Labute approximate surface area is 390 Å². The average Bonchev–Trinajstić information content (AvgIpc) is 3.07. The van der Waals surface area contributed by atoms with Gasteiger partial charge in [0, 0.05) is 25.7 Å². The molecule has 2 atom stereocenters. The van der Waals surface area contributed by atoms with Gasteiger partial charge in [-0.3, -0.25) is 52.2 Å². The molecule has 0 radical (unpaired) electrons. The highest BCUT2D eigenvalue weighted by molar-refractivity contribution is 7.48. The number of carbonyl (C=O) groups excluding carboxylic acids is 5. The number of nitriles is 1. The van der Waals surface area contributed by atoms with Crippen LogP contribution in [0.25, 0.3) is 0 Å². The molecule has 0 aromatic carbocycles. The second-order valence-electron chi connectivity index (χ2n) is 21.0. The predicted molar refractivity (Wildman–Crippen MR) is 247 cm³/mol. The van der Waals surface area contributed by atoms with Crippen molar-refractivity contribution in [1.29, 1.82) is 5.26 Å². The van der Waals surface area contributed by atoms with Gasteiger partial charge in [0.15, 0.2) is 0 Å². The standard InChI is InChI=1S/C46H85N4O14P/c1-17-18-19-20-21-22-27-57-65(56,58-28-23-24-47)59-35-36(50(33-40(54)63-45(11,12)13)34-41(55)64-46(14,15)16)29-48(30-37(51)60-42(2,3)4)25-26-49(31-38(52)61-43(5,6)7)32-39(53)62-44(8,9)10/h36H,17-23,25-35H2,1-16H3. The number of ether oxygens (including phenoxy) is 5. The molecular formula is C46H85N4O14P. The minimum Gasteiger partial charge on any atom is -0.459 e.